The fourth-order valence-electron chi connectivity index (χ4n) is 3.89. The van der Waals surface area contributed by atoms with Gasteiger partial charge in [0, 0.05) is 48.1 Å². The van der Waals surface area contributed by atoms with Crippen LogP contribution in [0.5, 0.6) is 0 Å². The molecular weight excluding hydrogens is 426 g/mol. The van der Waals surface area contributed by atoms with Gasteiger partial charge in [-0.3, -0.25) is 4.90 Å². The Hall–Kier alpha value is -2.20. The molecular formula is C24H29N3O4S. The second-order valence-corrected chi connectivity index (χ2v) is 9.07. The van der Waals surface area contributed by atoms with Crippen molar-refractivity contribution in [3.63, 3.8) is 0 Å². The number of ether oxygens (including phenoxy) is 1. The highest BCUT2D eigenvalue weighted by Gasteiger charge is 2.25. The van der Waals surface area contributed by atoms with Crippen LogP contribution in [-0.2, 0) is 11.2 Å². The van der Waals surface area contributed by atoms with E-state index >= 15 is 0 Å². The summed E-state index contributed by atoms with van der Waals surface area (Å²) in [6, 6.07) is 14.9. The topological polar surface area (TPSA) is 88.8 Å². The maximum absolute atomic E-state index is 8.89. The second kappa shape index (κ2) is 10.2. The van der Waals surface area contributed by atoms with E-state index in [9.17, 15) is 0 Å². The van der Waals surface area contributed by atoms with Gasteiger partial charge in [0.25, 0.3) is 5.97 Å². The zero-order valence-corrected chi connectivity index (χ0v) is 18.8. The number of nitrogens with zero attached hydrogens (tertiary/aromatic N) is 3. The molecule has 7 nitrogen and oxygen atoms in total. The Bertz CT molecular complexity index is 981. The second-order valence-electron chi connectivity index (χ2n) is 7.98. The molecule has 0 saturated carbocycles. The highest BCUT2D eigenvalue weighted by atomic mass is 32.2. The van der Waals surface area contributed by atoms with Gasteiger partial charge in [-0.05, 0) is 30.2 Å². The number of hydrogen-bond acceptors (Lipinski definition) is 8. The molecule has 32 heavy (non-hydrogen) atoms. The standard InChI is InChI=1S/C24H29N3O4S/c1-2-5-18-8-9-20-22(16-18)32-21-7-4-3-6-19(21)23(25-20)27-12-10-26(11-13-27)14-15-31-17-24(28,29)30/h2-4,6-9,16,28-30H,1,5,10-15,17H2. The number of allylic oxidation sites excluding steroid dienone is 1. The molecule has 0 unspecified atom stereocenters. The molecule has 2 aliphatic heterocycles. The summed E-state index contributed by atoms with van der Waals surface area (Å²) < 4.78 is 5.14. The largest absolute Gasteiger partial charge is 0.372 e. The molecule has 170 valence electrons. The van der Waals surface area contributed by atoms with E-state index in [1.807, 2.05) is 6.08 Å². The van der Waals surface area contributed by atoms with Crippen molar-refractivity contribution in [1.82, 2.24) is 9.80 Å². The van der Waals surface area contributed by atoms with Gasteiger partial charge in [0.05, 0.1) is 12.3 Å². The normalized spacial score (nSPS) is 16.7. The zero-order chi connectivity index (χ0) is 22.6. The Morgan fingerprint density at radius 2 is 1.84 bits per heavy atom. The van der Waals surface area contributed by atoms with Gasteiger partial charge in [-0.2, -0.15) is 0 Å². The monoisotopic (exact) mass is 455 g/mol. The summed E-state index contributed by atoms with van der Waals surface area (Å²) in [6.45, 7) is 7.70. The lowest BCUT2D eigenvalue weighted by Crippen LogP contribution is -2.49. The first-order valence-corrected chi connectivity index (χ1v) is 11.6. The minimum Gasteiger partial charge on any atom is -0.372 e. The molecule has 8 heteroatoms. The van der Waals surface area contributed by atoms with Crippen molar-refractivity contribution in [2.45, 2.75) is 22.2 Å². The lowest BCUT2D eigenvalue weighted by molar-refractivity contribution is -0.331. The maximum Gasteiger partial charge on any atom is 0.300 e. The predicted molar refractivity (Wildman–Crippen MR) is 125 cm³/mol. The van der Waals surface area contributed by atoms with Gasteiger partial charge in [0.15, 0.2) is 0 Å². The third kappa shape index (κ3) is 5.78. The number of benzene rings is 2. The van der Waals surface area contributed by atoms with E-state index in [1.165, 1.54) is 10.5 Å². The van der Waals surface area contributed by atoms with E-state index in [4.69, 9.17) is 25.0 Å². The van der Waals surface area contributed by atoms with Crippen LogP contribution < -0.4 is 0 Å². The number of amidine groups is 1. The summed E-state index contributed by atoms with van der Waals surface area (Å²) in [5.74, 6) is -1.77. The van der Waals surface area contributed by atoms with Gasteiger partial charge < -0.3 is 25.0 Å². The minimum atomic E-state index is -2.77. The molecule has 0 radical (unpaired) electrons. The molecule has 1 saturated heterocycles. The van der Waals surface area contributed by atoms with Crippen LogP contribution in [0.15, 0.2) is 69.9 Å². The fraction of sp³-hybridized carbons (Fsp3) is 0.375. The molecule has 2 heterocycles. The number of hydrogen-bond donors (Lipinski definition) is 3. The number of rotatable bonds is 7. The van der Waals surface area contributed by atoms with E-state index in [0.717, 1.165) is 54.6 Å². The van der Waals surface area contributed by atoms with Gasteiger partial charge >= 0.3 is 0 Å². The molecule has 1 fully saturated rings. The lowest BCUT2D eigenvalue weighted by Gasteiger charge is -2.36. The van der Waals surface area contributed by atoms with Crippen LogP contribution in [0.4, 0.5) is 5.69 Å². The molecule has 2 aromatic carbocycles. The summed E-state index contributed by atoms with van der Waals surface area (Å²) in [6.07, 6.45) is 2.76. The van der Waals surface area contributed by atoms with Crippen molar-refractivity contribution < 1.29 is 20.1 Å². The number of fused-ring (bicyclic) bond motifs is 2. The Balaban J connectivity index is 1.47. The van der Waals surface area contributed by atoms with Crippen molar-refractivity contribution >= 4 is 23.3 Å². The van der Waals surface area contributed by atoms with Crippen LogP contribution in [-0.4, -0.2) is 82.9 Å². The number of aliphatic imine (C=N–C) groups is 1. The third-order valence-corrected chi connectivity index (χ3v) is 6.62. The summed E-state index contributed by atoms with van der Waals surface area (Å²) in [4.78, 5) is 12.1. The fourth-order valence-corrected chi connectivity index (χ4v) is 4.97. The van der Waals surface area contributed by atoms with Crippen LogP contribution in [0.3, 0.4) is 0 Å². The van der Waals surface area contributed by atoms with Crippen LogP contribution in [0.2, 0.25) is 0 Å². The zero-order valence-electron chi connectivity index (χ0n) is 18.0. The van der Waals surface area contributed by atoms with Crippen molar-refractivity contribution in [2.75, 3.05) is 45.9 Å². The van der Waals surface area contributed by atoms with Crippen LogP contribution in [0.25, 0.3) is 0 Å². The maximum atomic E-state index is 8.89. The molecule has 2 aliphatic rings. The summed E-state index contributed by atoms with van der Waals surface area (Å²) in [5, 5.41) is 26.7. The lowest BCUT2D eigenvalue weighted by atomic mass is 10.1. The van der Waals surface area contributed by atoms with Crippen molar-refractivity contribution in [2.24, 2.45) is 4.99 Å². The highest BCUT2D eigenvalue weighted by molar-refractivity contribution is 7.99. The van der Waals surface area contributed by atoms with Crippen LogP contribution >= 0.6 is 11.8 Å². The first kappa shape index (κ1) is 23.0. The molecule has 4 rings (SSSR count). The van der Waals surface area contributed by atoms with Crippen molar-refractivity contribution in [3.8, 4) is 0 Å². The average Bonchev–Trinajstić information content (AvgIpc) is 2.93. The van der Waals surface area contributed by atoms with Crippen molar-refractivity contribution in [1.29, 1.82) is 0 Å². The molecule has 0 bridgehead atoms. The molecule has 0 amide bonds. The quantitative estimate of drug-likeness (QED) is 0.335. The van der Waals surface area contributed by atoms with Gasteiger partial charge in [0.1, 0.15) is 12.4 Å². The van der Waals surface area contributed by atoms with Crippen LogP contribution in [0, 0.1) is 0 Å². The van der Waals surface area contributed by atoms with Gasteiger partial charge in [-0.25, -0.2) is 4.99 Å². The van der Waals surface area contributed by atoms with Gasteiger partial charge in [-0.15, -0.1) is 6.58 Å². The molecule has 0 spiro atoms. The summed E-state index contributed by atoms with van der Waals surface area (Å²) in [7, 11) is 0. The van der Waals surface area contributed by atoms with E-state index in [-0.39, 0.29) is 0 Å². The molecule has 3 N–H and O–H groups in total. The van der Waals surface area contributed by atoms with E-state index < -0.39 is 12.6 Å². The molecule has 0 atom stereocenters. The smallest absolute Gasteiger partial charge is 0.300 e. The van der Waals surface area contributed by atoms with Crippen molar-refractivity contribution in [3.05, 3.63) is 66.2 Å². The van der Waals surface area contributed by atoms with E-state index in [1.54, 1.807) is 11.8 Å². The average molecular weight is 456 g/mol. The SMILES string of the molecule is C=CCc1ccc2c(c1)Sc1ccccc1C(N1CCN(CCOCC(O)(O)O)CC1)=N2. The summed E-state index contributed by atoms with van der Waals surface area (Å²) in [5.41, 5.74) is 3.38. The first-order chi connectivity index (χ1) is 15.4. The van der Waals surface area contributed by atoms with Gasteiger partial charge in [-0.1, -0.05) is 42.1 Å². The molecule has 0 aromatic heterocycles. The number of piperazine rings is 1. The minimum absolute atomic E-state index is 0.324. The molecule has 2 aromatic rings. The van der Waals surface area contributed by atoms with E-state index in [2.05, 4.69) is 58.8 Å². The Kier molecular flexibility index (Phi) is 7.30. The highest BCUT2D eigenvalue weighted by Crippen LogP contribution is 2.41. The van der Waals surface area contributed by atoms with Gasteiger partial charge in [0.2, 0.25) is 0 Å². The Labute approximate surface area is 192 Å². The summed E-state index contributed by atoms with van der Waals surface area (Å²) >= 11 is 1.76. The van der Waals surface area contributed by atoms with E-state index in [0.29, 0.717) is 13.2 Å². The Morgan fingerprint density at radius 3 is 2.59 bits per heavy atom. The molecule has 0 aliphatic carbocycles. The number of aliphatic hydroxyl groups is 3. The third-order valence-electron chi connectivity index (χ3n) is 5.50. The first-order valence-electron chi connectivity index (χ1n) is 10.7. The predicted octanol–water partition coefficient (Wildman–Crippen LogP) is 2.22. The van der Waals surface area contributed by atoms with Crippen LogP contribution in [0.1, 0.15) is 11.1 Å². The Morgan fingerprint density at radius 1 is 1.06 bits per heavy atom.